The number of benzene rings is 2. The largest absolute Gasteiger partial charge is 0.489 e. The fourth-order valence-electron chi connectivity index (χ4n) is 2.84. The average Bonchev–Trinajstić information content (AvgIpc) is 2.74. The summed E-state index contributed by atoms with van der Waals surface area (Å²) in [5.74, 6) is 0.761. The summed E-state index contributed by atoms with van der Waals surface area (Å²) in [4.78, 5) is 28.2. The summed E-state index contributed by atoms with van der Waals surface area (Å²) >= 11 is 0. The predicted octanol–water partition coefficient (Wildman–Crippen LogP) is 3.63. The molecular formula is C22H19N3O4. The van der Waals surface area contributed by atoms with Crippen molar-refractivity contribution in [2.75, 3.05) is 10.6 Å². The third-order valence-corrected chi connectivity index (χ3v) is 4.44. The van der Waals surface area contributed by atoms with Crippen LogP contribution in [0.3, 0.4) is 0 Å². The molecule has 1 aromatic heterocycles. The van der Waals surface area contributed by atoms with E-state index in [1.165, 1.54) is 0 Å². The van der Waals surface area contributed by atoms with Gasteiger partial charge in [-0.15, -0.1) is 0 Å². The van der Waals surface area contributed by atoms with Gasteiger partial charge in [-0.1, -0.05) is 0 Å². The number of hydrogen-bond donors (Lipinski definition) is 2. The molecule has 0 fully saturated rings. The number of rotatable bonds is 5. The molecule has 2 heterocycles. The Morgan fingerprint density at radius 1 is 1.14 bits per heavy atom. The van der Waals surface area contributed by atoms with E-state index in [-0.39, 0.29) is 11.8 Å². The van der Waals surface area contributed by atoms with Crippen LogP contribution < -0.4 is 20.1 Å². The topological polar surface area (TPSA) is 89.6 Å². The lowest BCUT2D eigenvalue weighted by Gasteiger charge is -2.23. The van der Waals surface area contributed by atoms with Crippen molar-refractivity contribution in [3.05, 3.63) is 78.1 Å². The molecule has 0 spiro atoms. The van der Waals surface area contributed by atoms with Gasteiger partial charge in [-0.05, 0) is 67.1 Å². The monoisotopic (exact) mass is 389 g/mol. The van der Waals surface area contributed by atoms with Crippen LogP contribution in [-0.2, 0) is 11.4 Å². The Labute approximate surface area is 167 Å². The van der Waals surface area contributed by atoms with Crippen LogP contribution in [0.25, 0.3) is 0 Å². The normalized spacial score (nSPS) is 14.9. The summed E-state index contributed by atoms with van der Waals surface area (Å²) in [5, 5.41) is 5.58. The molecule has 4 rings (SSSR count). The zero-order chi connectivity index (χ0) is 20.2. The fraction of sp³-hybridized carbons (Fsp3) is 0.136. The van der Waals surface area contributed by atoms with Crippen LogP contribution in [0.1, 0.15) is 22.8 Å². The van der Waals surface area contributed by atoms with Crippen LogP contribution in [0, 0.1) is 0 Å². The number of pyridine rings is 1. The van der Waals surface area contributed by atoms with E-state index in [0.717, 1.165) is 5.56 Å². The first-order valence-corrected chi connectivity index (χ1v) is 9.13. The van der Waals surface area contributed by atoms with E-state index < -0.39 is 6.10 Å². The Kier molecular flexibility index (Phi) is 5.11. The second kappa shape index (κ2) is 8.02. The van der Waals surface area contributed by atoms with Crippen molar-refractivity contribution in [2.24, 2.45) is 0 Å². The number of fused-ring (bicyclic) bond motifs is 1. The first-order chi connectivity index (χ1) is 14.1. The van der Waals surface area contributed by atoms with Gasteiger partial charge in [0.25, 0.3) is 11.8 Å². The van der Waals surface area contributed by atoms with Crippen LogP contribution >= 0.6 is 0 Å². The Balaban J connectivity index is 1.39. The highest BCUT2D eigenvalue weighted by atomic mass is 16.5. The molecule has 1 aliphatic heterocycles. The molecule has 1 atom stereocenters. The number of hydrogen-bond acceptors (Lipinski definition) is 5. The fourth-order valence-corrected chi connectivity index (χ4v) is 2.84. The number of ether oxygens (including phenoxy) is 2. The van der Waals surface area contributed by atoms with Crippen molar-refractivity contribution < 1.29 is 19.1 Å². The maximum Gasteiger partial charge on any atom is 0.265 e. The van der Waals surface area contributed by atoms with Gasteiger partial charge in [0, 0.05) is 23.6 Å². The van der Waals surface area contributed by atoms with E-state index in [9.17, 15) is 9.59 Å². The van der Waals surface area contributed by atoms with E-state index >= 15 is 0 Å². The summed E-state index contributed by atoms with van der Waals surface area (Å²) < 4.78 is 11.2. The van der Waals surface area contributed by atoms with E-state index in [1.54, 1.807) is 61.8 Å². The zero-order valence-corrected chi connectivity index (χ0v) is 15.7. The lowest BCUT2D eigenvalue weighted by Crippen LogP contribution is -2.34. The van der Waals surface area contributed by atoms with Gasteiger partial charge in [-0.3, -0.25) is 14.6 Å². The standard InChI is InChI=1S/C22H19N3O4/c1-14-21(26)25-19-12-17(4-7-20(19)29-14)24-22(27)16-2-5-18(6-3-16)28-13-15-8-10-23-11-9-15/h2-12,14H,13H2,1H3,(H,24,27)(H,25,26). The maximum atomic E-state index is 12.5. The minimum atomic E-state index is -0.540. The number of nitrogens with one attached hydrogen (secondary N) is 2. The van der Waals surface area contributed by atoms with Crippen molar-refractivity contribution >= 4 is 23.2 Å². The number of carbonyl (C=O) groups excluding carboxylic acids is 2. The summed E-state index contributed by atoms with van der Waals surface area (Å²) in [5.41, 5.74) is 2.60. The summed E-state index contributed by atoms with van der Waals surface area (Å²) in [6.07, 6.45) is 2.89. The quantitative estimate of drug-likeness (QED) is 0.696. The van der Waals surface area contributed by atoms with E-state index in [2.05, 4.69) is 15.6 Å². The lowest BCUT2D eigenvalue weighted by atomic mass is 10.1. The van der Waals surface area contributed by atoms with E-state index in [4.69, 9.17) is 9.47 Å². The molecular weight excluding hydrogens is 370 g/mol. The van der Waals surface area contributed by atoms with Crippen LogP contribution in [0.15, 0.2) is 67.0 Å². The minimum absolute atomic E-state index is 0.219. The molecule has 1 aliphatic rings. The van der Waals surface area contributed by atoms with Gasteiger partial charge < -0.3 is 20.1 Å². The molecule has 7 heteroatoms. The summed E-state index contributed by atoms with van der Waals surface area (Å²) in [6.45, 7) is 2.11. The Bertz CT molecular complexity index is 1040. The first-order valence-electron chi connectivity index (χ1n) is 9.13. The number of anilines is 2. The number of amides is 2. The molecule has 2 aromatic carbocycles. The van der Waals surface area contributed by atoms with Crippen LogP contribution in [0.4, 0.5) is 11.4 Å². The minimum Gasteiger partial charge on any atom is -0.489 e. The number of aromatic nitrogens is 1. The molecule has 2 amide bonds. The maximum absolute atomic E-state index is 12.5. The SMILES string of the molecule is CC1Oc2ccc(NC(=O)c3ccc(OCc4ccncc4)cc3)cc2NC1=O. The molecule has 0 bridgehead atoms. The first kappa shape index (κ1) is 18.5. The van der Waals surface area contributed by atoms with Crippen LogP contribution in [0.5, 0.6) is 11.5 Å². The molecule has 29 heavy (non-hydrogen) atoms. The van der Waals surface area contributed by atoms with Gasteiger partial charge >= 0.3 is 0 Å². The van der Waals surface area contributed by atoms with Gasteiger partial charge in [0.2, 0.25) is 0 Å². The Morgan fingerprint density at radius 2 is 1.90 bits per heavy atom. The summed E-state index contributed by atoms with van der Waals surface area (Å²) in [7, 11) is 0. The highest BCUT2D eigenvalue weighted by molar-refractivity contribution is 6.05. The average molecular weight is 389 g/mol. The van der Waals surface area contributed by atoms with Crippen molar-refractivity contribution in [2.45, 2.75) is 19.6 Å². The highest BCUT2D eigenvalue weighted by Crippen LogP contribution is 2.32. The molecule has 1 unspecified atom stereocenters. The van der Waals surface area contributed by atoms with Crippen molar-refractivity contribution in [3.63, 3.8) is 0 Å². The highest BCUT2D eigenvalue weighted by Gasteiger charge is 2.23. The van der Waals surface area contributed by atoms with Crippen molar-refractivity contribution in [1.29, 1.82) is 0 Å². The van der Waals surface area contributed by atoms with Crippen LogP contribution in [-0.4, -0.2) is 22.9 Å². The van der Waals surface area contributed by atoms with Crippen LogP contribution in [0.2, 0.25) is 0 Å². The third-order valence-electron chi connectivity index (χ3n) is 4.44. The molecule has 0 saturated carbocycles. The molecule has 0 aliphatic carbocycles. The van der Waals surface area contributed by atoms with Gasteiger partial charge in [0.1, 0.15) is 18.1 Å². The predicted molar refractivity (Wildman–Crippen MR) is 108 cm³/mol. The number of carbonyl (C=O) groups is 2. The Morgan fingerprint density at radius 3 is 2.66 bits per heavy atom. The Hall–Kier alpha value is -3.87. The molecule has 0 saturated heterocycles. The third kappa shape index (κ3) is 4.35. The zero-order valence-electron chi connectivity index (χ0n) is 15.7. The van der Waals surface area contributed by atoms with Gasteiger partial charge in [0.15, 0.2) is 6.10 Å². The van der Waals surface area contributed by atoms with Crippen molar-refractivity contribution in [3.8, 4) is 11.5 Å². The van der Waals surface area contributed by atoms with E-state index in [0.29, 0.717) is 35.0 Å². The number of nitrogens with zero attached hydrogens (tertiary/aromatic N) is 1. The lowest BCUT2D eigenvalue weighted by molar-refractivity contribution is -0.122. The second-order valence-corrected chi connectivity index (χ2v) is 6.58. The molecule has 146 valence electrons. The van der Waals surface area contributed by atoms with Crippen molar-refractivity contribution in [1.82, 2.24) is 4.98 Å². The molecule has 3 aromatic rings. The van der Waals surface area contributed by atoms with Gasteiger partial charge in [-0.25, -0.2) is 0 Å². The van der Waals surface area contributed by atoms with Gasteiger partial charge in [-0.2, -0.15) is 0 Å². The molecule has 7 nitrogen and oxygen atoms in total. The second-order valence-electron chi connectivity index (χ2n) is 6.58. The van der Waals surface area contributed by atoms with E-state index in [1.807, 2.05) is 12.1 Å². The molecule has 2 N–H and O–H groups in total. The smallest absolute Gasteiger partial charge is 0.265 e. The summed E-state index contributed by atoms with van der Waals surface area (Å²) in [6, 6.07) is 15.8. The molecule has 0 radical (unpaired) electrons. The van der Waals surface area contributed by atoms with Gasteiger partial charge in [0.05, 0.1) is 5.69 Å².